The van der Waals surface area contributed by atoms with E-state index < -0.39 is 5.97 Å². The first kappa shape index (κ1) is 13.7. The predicted octanol–water partition coefficient (Wildman–Crippen LogP) is 3.52. The van der Waals surface area contributed by atoms with Crippen LogP contribution in [-0.2, 0) is 0 Å². The fourth-order valence-electron chi connectivity index (χ4n) is 1.13. The van der Waals surface area contributed by atoms with Crippen molar-refractivity contribution in [3.05, 3.63) is 21.8 Å². The van der Waals surface area contributed by atoms with Crippen LogP contribution in [0.15, 0.2) is 0 Å². The molecule has 1 aromatic rings. The van der Waals surface area contributed by atoms with E-state index in [0.717, 1.165) is 12.7 Å². The lowest BCUT2D eigenvalue weighted by Gasteiger charge is -2.13. The fourth-order valence-corrected chi connectivity index (χ4v) is 5.20. The second-order valence-corrected chi connectivity index (χ2v) is 6.02. The first-order valence-corrected chi connectivity index (χ1v) is 7.09. The van der Waals surface area contributed by atoms with Crippen LogP contribution in [0.25, 0.3) is 0 Å². The Balaban J connectivity index is 3.68. The van der Waals surface area contributed by atoms with E-state index in [1.807, 2.05) is 29.5 Å². The smallest absolute Gasteiger partial charge is 0.338 e. The molecule has 1 aromatic carbocycles. The minimum absolute atomic E-state index is 0.325. The number of carbonyl (C=O) groups is 1. The third-order valence-electron chi connectivity index (χ3n) is 1.91. The summed E-state index contributed by atoms with van der Waals surface area (Å²) in [5.74, 6) is -0.270. The van der Waals surface area contributed by atoms with Crippen molar-refractivity contribution in [2.45, 2.75) is 6.92 Å². The minimum Gasteiger partial charge on any atom is -0.494 e. The Kier molecular flexibility index (Phi) is 4.89. The van der Waals surface area contributed by atoms with Crippen molar-refractivity contribution in [2.75, 3.05) is 7.11 Å². The molecule has 0 bridgehead atoms. The number of hydrogen-bond acceptors (Lipinski definition) is 2. The first-order valence-electron chi connectivity index (χ1n) is 3.86. The summed E-state index contributed by atoms with van der Waals surface area (Å²) in [4.78, 5) is 11.1. The van der Waals surface area contributed by atoms with Crippen molar-refractivity contribution in [2.24, 2.45) is 0 Å². The van der Waals surface area contributed by atoms with Gasteiger partial charge in [-0.3, -0.25) is 0 Å². The molecule has 6 heteroatoms. The van der Waals surface area contributed by atoms with Crippen LogP contribution in [0.5, 0.6) is 5.75 Å². The average Bonchev–Trinajstić information content (AvgIpc) is 2.15. The van der Waals surface area contributed by atoms with Crippen LogP contribution in [0.1, 0.15) is 15.9 Å². The molecule has 0 amide bonds. The molecule has 0 radical (unpaired) electrons. The largest absolute Gasteiger partial charge is 0.494 e. The topological polar surface area (TPSA) is 46.5 Å². The van der Waals surface area contributed by atoms with E-state index >= 15 is 0 Å². The Morgan fingerprint density at radius 1 is 1.20 bits per heavy atom. The van der Waals surface area contributed by atoms with Gasteiger partial charge in [0.05, 0.1) is 19.8 Å². The highest BCUT2D eigenvalue weighted by atomic mass is 127. The number of aromatic carboxylic acids is 1. The van der Waals surface area contributed by atoms with Gasteiger partial charge in [-0.25, -0.2) is 4.79 Å². The summed E-state index contributed by atoms with van der Waals surface area (Å²) in [5.41, 5.74) is 1.27. The molecular weight excluding hydrogens is 537 g/mol. The normalized spacial score (nSPS) is 10.2. The molecule has 0 spiro atoms. The number of ether oxygens (including phenoxy) is 1. The fraction of sp³-hybridized carbons (Fsp3) is 0.222. The number of methoxy groups -OCH3 is 1. The van der Waals surface area contributed by atoms with Gasteiger partial charge >= 0.3 is 5.97 Å². The van der Waals surface area contributed by atoms with Crippen molar-refractivity contribution in [3.8, 4) is 5.75 Å². The van der Waals surface area contributed by atoms with E-state index in [-0.39, 0.29) is 0 Å². The Labute approximate surface area is 128 Å². The van der Waals surface area contributed by atoms with Gasteiger partial charge in [-0.15, -0.1) is 0 Å². The maximum atomic E-state index is 11.1. The summed E-state index contributed by atoms with van der Waals surface area (Å²) in [6, 6.07) is 0. The number of hydrogen-bond donors (Lipinski definition) is 1. The standard InChI is InChI=1S/C9H7I3O3/c1-3-5(10)4(9(13)14)7(12)8(15-2)6(3)11/h1-2H3,(H,13,14). The van der Waals surface area contributed by atoms with Gasteiger partial charge in [-0.2, -0.15) is 0 Å². The van der Waals surface area contributed by atoms with Gasteiger partial charge in [0.15, 0.2) is 0 Å². The molecule has 0 aliphatic heterocycles. The van der Waals surface area contributed by atoms with Gasteiger partial charge in [-0.1, -0.05) is 0 Å². The second kappa shape index (κ2) is 5.34. The first-order chi connectivity index (χ1) is 6.91. The van der Waals surface area contributed by atoms with Crippen molar-refractivity contribution < 1.29 is 14.6 Å². The van der Waals surface area contributed by atoms with E-state index in [0.29, 0.717) is 14.9 Å². The maximum absolute atomic E-state index is 11.1. The quantitative estimate of drug-likeness (QED) is 0.581. The molecule has 1 rings (SSSR count). The van der Waals surface area contributed by atoms with Crippen LogP contribution < -0.4 is 4.74 Å². The molecule has 0 atom stereocenters. The van der Waals surface area contributed by atoms with E-state index in [4.69, 9.17) is 9.84 Å². The molecule has 0 heterocycles. The molecule has 0 saturated heterocycles. The molecule has 0 saturated carbocycles. The number of benzene rings is 1. The van der Waals surface area contributed by atoms with Crippen LogP contribution in [0.2, 0.25) is 0 Å². The zero-order valence-electron chi connectivity index (χ0n) is 7.90. The Morgan fingerprint density at radius 2 is 1.73 bits per heavy atom. The van der Waals surface area contributed by atoms with E-state index in [1.54, 1.807) is 7.11 Å². The third kappa shape index (κ3) is 2.51. The SMILES string of the molecule is COc1c(I)c(C)c(I)c(C(=O)O)c1I. The zero-order chi connectivity index (χ0) is 11.7. The highest BCUT2D eigenvalue weighted by molar-refractivity contribution is 14.1. The summed E-state index contributed by atoms with van der Waals surface area (Å²) in [6.45, 7) is 1.90. The van der Waals surface area contributed by atoms with E-state index in [2.05, 4.69) is 45.2 Å². The van der Waals surface area contributed by atoms with E-state index in [9.17, 15) is 4.79 Å². The second-order valence-electron chi connectivity index (χ2n) is 2.78. The summed E-state index contributed by atoms with van der Waals surface area (Å²) in [5, 5.41) is 9.11. The number of carboxylic acid groups (broad SMARTS) is 1. The molecule has 82 valence electrons. The van der Waals surface area contributed by atoms with Crippen LogP contribution >= 0.6 is 67.8 Å². The van der Waals surface area contributed by atoms with Gasteiger partial charge < -0.3 is 9.84 Å². The van der Waals surface area contributed by atoms with Gasteiger partial charge in [0, 0.05) is 3.57 Å². The molecule has 0 aliphatic carbocycles. The van der Waals surface area contributed by atoms with Crippen molar-refractivity contribution >= 4 is 73.7 Å². The van der Waals surface area contributed by atoms with Gasteiger partial charge in [-0.05, 0) is 80.3 Å². The Morgan fingerprint density at radius 3 is 2.13 bits per heavy atom. The Bertz CT molecular complexity index is 429. The molecule has 0 aliphatic rings. The van der Waals surface area contributed by atoms with Crippen LogP contribution in [0.4, 0.5) is 0 Å². The molecular formula is C9H7I3O3. The molecule has 0 unspecified atom stereocenters. The lowest BCUT2D eigenvalue weighted by Crippen LogP contribution is -2.08. The lowest BCUT2D eigenvalue weighted by atomic mass is 10.1. The van der Waals surface area contributed by atoms with Crippen molar-refractivity contribution in [1.29, 1.82) is 0 Å². The molecule has 0 fully saturated rings. The highest BCUT2D eigenvalue weighted by Crippen LogP contribution is 2.36. The Hall–Kier alpha value is 0.680. The molecule has 1 N–H and O–H groups in total. The highest BCUT2D eigenvalue weighted by Gasteiger charge is 2.22. The third-order valence-corrected chi connectivity index (χ3v) is 5.59. The summed E-state index contributed by atoms with van der Waals surface area (Å²) in [6.07, 6.45) is 0. The summed E-state index contributed by atoms with van der Waals surface area (Å²) >= 11 is 6.24. The number of carboxylic acids is 1. The molecule has 0 aromatic heterocycles. The van der Waals surface area contributed by atoms with Gasteiger partial charge in [0.25, 0.3) is 0 Å². The van der Waals surface area contributed by atoms with E-state index in [1.165, 1.54) is 0 Å². The van der Waals surface area contributed by atoms with Gasteiger partial charge in [0.2, 0.25) is 0 Å². The van der Waals surface area contributed by atoms with Gasteiger partial charge in [0.1, 0.15) is 5.75 Å². The summed E-state index contributed by atoms with van der Waals surface area (Å²) < 4.78 is 7.61. The lowest BCUT2D eigenvalue weighted by molar-refractivity contribution is 0.0694. The number of rotatable bonds is 2. The monoisotopic (exact) mass is 544 g/mol. The average molecular weight is 544 g/mol. The van der Waals surface area contributed by atoms with Crippen LogP contribution in [-0.4, -0.2) is 18.2 Å². The minimum atomic E-state index is -0.915. The van der Waals surface area contributed by atoms with Crippen molar-refractivity contribution in [1.82, 2.24) is 0 Å². The number of halogens is 3. The van der Waals surface area contributed by atoms with Crippen molar-refractivity contribution in [3.63, 3.8) is 0 Å². The van der Waals surface area contributed by atoms with Crippen LogP contribution in [0, 0.1) is 17.6 Å². The zero-order valence-corrected chi connectivity index (χ0v) is 14.4. The molecule has 3 nitrogen and oxygen atoms in total. The predicted molar refractivity (Wildman–Crippen MR) is 82.8 cm³/mol. The molecule has 15 heavy (non-hydrogen) atoms. The van der Waals surface area contributed by atoms with Crippen LogP contribution in [0.3, 0.4) is 0 Å². The summed E-state index contributed by atoms with van der Waals surface area (Å²) in [7, 11) is 1.55. The maximum Gasteiger partial charge on any atom is 0.338 e.